The normalized spacial score (nSPS) is 24.0. The van der Waals surface area contributed by atoms with Crippen LogP contribution in [-0.2, 0) is 11.0 Å². The number of anilines is 2. The highest BCUT2D eigenvalue weighted by molar-refractivity contribution is 7.13. The largest absolute Gasteiger partial charge is 0.434 e. The number of hydrogen-bond acceptors (Lipinski definition) is 6. The van der Waals surface area contributed by atoms with Crippen LogP contribution in [0, 0.1) is 0 Å². The first-order valence-electron chi connectivity index (χ1n) is 8.60. The number of H-pyrrole nitrogens is 1. The highest BCUT2D eigenvalue weighted by atomic mass is 32.1. The van der Waals surface area contributed by atoms with Crippen molar-refractivity contribution in [2.24, 2.45) is 0 Å². The molecule has 0 radical (unpaired) electrons. The minimum atomic E-state index is -4.43. The topological polar surface area (TPSA) is 94.1 Å². The van der Waals surface area contributed by atoms with E-state index in [-0.39, 0.29) is 11.8 Å². The molecule has 0 bridgehead atoms. The fraction of sp³-hybridized carbons (Fsp3) is 0.562. The number of nitrogens with one attached hydrogen (secondary N) is 2. The lowest BCUT2D eigenvalue weighted by Gasteiger charge is -2.32. The van der Waals surface area contributed by atoms with E-state index in [0.29, 0.717) is 36.9 Å². The monoisotopic (exact) mass is 401 g/mol. The zero-order valence-corrected chi connectivity index (χ0v) is 15.2. The van der Waals surface area contributed by atoms with E-state index in [1.54, 1.807) is 6.92 Å². The number of thiazole rings is 1. The molecule has 1 fully saturated rings. The van der Waals surface area contributed by atoms with Crippen LogP contribution in [0.5, 0.6) is 0 Å². The van der Waals surface area contributed by atoms with E-state index in [4.69, 9.17) is 0 Å². The van der Waals surface area contributed by atoms with Crippen molar-refractivity contribution in [3.05, 3.63) is 22.3 Å². The van der Waals surface area contributed by atoms with Crippen LogP contribution in [0.25, 0.3) is 0 Å². The van der Waals surface area contributed by atoms with Crippen molar-refractivity contribution >= 4 is 28.2 Å². The maximum absolute atomic E-state index is 12.7. The Labute approximate surface area is 156 Å². The molecule has 0 aromatic carbocycles. The number of aromatic amines is 1. The Kier molecular flexibility index (Phi) is 4.38. The van der Waals surface area contributed by atoms with E-state index < -0.39 is 23.9 Å². The molecule has 1 saturated heterocycles. The van der Waals surface area contributed by atoms with Gasteiger partial charge >= 0.3 is 6.18 Å². The van der Waals surface area contributed by atoms with E-state index >= 15 is 0 Å². The number of aliphatic hydroxyl groups excluding tert-OH is 1. The molecule has 2 atom stereocenters. The van der Waals surface area contributed by atoms with Gasteiger partial charge in [0, 0.05) is 35.9 Å². The molecule has 2 aromatic heterocycles. The van der Waals surface area contributed by atoms with Gasteiger partial charge in [-0.1, -0.05) is 6.92 Å². The SMILES string of the molecule is C[C@H]1c2c(C3CCN(c4nc(C(F)(F)F)cs4)CC3)n[nH]c2NC(=O)[C@H]1O. The van der Waals surface area contributed by atoms with Crippen molar-refractivity contribution in [2.75, 3.05) is 23.3 Å². The second-order valence-electron chi connectivity index (χ2n) is 6.89. The summed E-state index contributed by atoms with van der Waals surface area (Å²) in [6.45, 7) is 2.92. The summed E-state index contributed by atoms with van der Waals surface area (Å²) in [6, 6.07) is 0. The van der Waals surface area contributed by atoms with Crippen LogP contribution in [0.3, 0.4) is 0 Å². The zero-order valence-electron chi connectivity index (χ0n) is 14.4. The lowest BCUT2D eigenvalue weighted by Crippen LogP contribution is -2.37. The summed E-state index contributed by atoms with van der Waals surface area (Å²) >= 11 is 0.998. The second-order valence-corrected chi connectivity index (χ2v) is 7.73. The third kappa shape index (κ3) is 3.18. The van der Waals surface area contributed by atoms with Gasteiger partial charge in [-0.3, -0.25) is 9.89 Å². The molecule has 2 aromatic rings. The molecule has 3 N–H and O–H groups in total. The number of nitrogens with zero attached hydrogens (tertiary/aromatic N) is 3. The number of carbonyl (C=O) groups is 1. The van der Waals surface area contributed by atoms with Crippen molar-refractivity contribution in [1.82, 2.24) is 15.2 Å². The minimum Gasteiger partial charge on any atom is -0.383 e. The van der Waals surface area contributed by atoms with Gasteiger partial charge in [0.05, 0.1) is 5.69 Å². The maximum Gasteiger partial charge on any atom is 0.434 e. The molecule has 27 heavy (non-hydrogen) atoms. The smallest absolute Gasteiger partial charge is 0.383 e. The molecule has 2 aliphatic rings. The molecule has 0 aliphatic carbocycles. The standard InChI is InChI=1S/C16H18F3N5O2S/c1-7-10-11(22-23-13(10)21-14(26)12(7)25)8-2-4-24(5-3-8)15-20-9(6-27-15)16(17,18)19/h6-8,12,25H,2-5H2,1H3,(H2,21,22,23,26)/t7-,12-/m0/s1. The predicted molar refractivity (Wildman–Crippen MR) is 92.9 cm³/mol. The molecule has 4 heterocycles. The van der Waals surface area contributed by atoms with Crippen LogP contribution in [0.1, 0.15) is 48.6 Å². The van der Waals surface area contributed by atoms with Gasteiger partial charge in [0.1, 0.15) is 11.9 Å². The first kappa shape index (κ1) is 18.2. The van der Waals surface area contributed by atoms with E-state index in [1.165, 1.54) is 0 Å². The van der Waals surface area contributed by atoms with Gasteiger partial charge in [-0.2, -0.15) is 18.3 Å². The van der Waals surface area contributed by atoms with E-state index in [0.717, 1.165) is 28.0 Å². The van der Waals surface area contributed by atoms with Crippen LogP contribution < -0.4 is 10.2 Å². The van der Waals surface area contributed by atoms with E-state index in [1.807, 2.05) is 4.90 Å². The number of aliphatic hydroxyl groups is 1. The Balaban J connectivity index is 1.48. The third-order valence-electron chi connectivity index (χ3n) is 5.21. The van der Waals surface area contributed by atoms with Gasteiger partial charge in [0.2, 0.25) is 0 Å². The van der Waals surface area contributed by atoms with Gasteiger partial charge in [0.15, 0.2) is 10.8 Å². The van der Waals surface area contributed by atoms with Gasteiger partial charge in [-0.05, 0) is 12.8 Å². The Bertz CT molecular complexity index is 857. The summed E-state index contributed by atoms with van der Waals surface area (Å²) in [5.41, 5.74) is 0.769. The van der Waals surface area contributed by atoms with Crippen molar-refractivity contribution in [2.45, 2.75) is 43.9 Å². The lowest BCUT2D eigenvalue weighted by molar-refractivity contribution is -0.140. The summed E-state index contributed by atoms with van der Waals surface area (Å²) in [5.74, 6) is -0.198. The first-order chi connectivity index (χ1) is 12.8. The molecular weight excluding hydrogens is 383 g/mol. The van der Waals surface area contributed by atoms with Gasteiger partial charge in [0.25, 0.3) is 5.91 Å². The Morgan fingerprint density at radius 2 is 2.04 bits per heavy atom. The molecule has 0 unspecified atom stereocenters. The van der Waals surface area contributed by atoms with E-state index in [2.05, 4.69) is 20.5 Å². The first-order valence-corrected chi connectivity index (χ1v) is 9.48. The van der Waals surface area contributed by atoms with Gasteiger partial charge in [-0.15, -0.1) is 11.3 Å². The predicted octanol–water partition coefficient (Wildman–Crippen LogP) is 2.69. The number of rotatable bonds is 2. The molecule has 11 heteroatoms. The quantitative estimate of drug-likeness (QED) is 0.719. The van der Waals surface area contributed by atoms with Crippen LogP contribution in [0.15, 0.2) is 5.38 Å². The Morgan fingerprint density at radius 1 is 1.33 bits per heavy atom. The number of fused-ring (bicyclic) bond motifs is 1. The molecule has 2 aliphatic heterocycles. The van der Waals surface area contributed by atoms with Crippen LogP contribution >= 0.6 is 11.3 Å². The molecule has 0 saturated carbocycles. The van der Waals surface area contributed by atoms with Crippen LogP contribution in [0.2, 0.25) is 0 Å². The second kappa shape index (κ2) is 6.48. The van der Waals surface area contributed by atoms with Crippen molar-refractivity contribution in [3.8, 4) is 0 Å². The molecule has 1 amide bonds. The van der Waals surface area contributed by atoms with E-state index in [9.17, 15) is 23.1 Å². The average molecular weight is 401 g/mol. The zero-order chi connectivity index (χ0) is 19.3. The van der Waals surface area contributed by atoms with Crippen molar-refractivity contribution in [1.29, 1.82) is 0 Å². The number of aromatic nitrogens is 3. The third-order valence-corrected chi connectivity index (χ3v) is 6.12. The number of carbonyl (C=O) groups excluding carboxylic acids is 1. The average Bonchev–Trinajstić information content (AvgIpc) is 3.27. The summed E-state index contributed by atoms with van der Waals surface area (Å²) in [6.07, 6.45) is -4.14. The minimum absolute atomic E-state index is 0.105. The molecule has 0 spiro atoms. The summed E-state index contributed by atoms with van der Waals surface area (Å²) < 4.78 is 38.2. The Morgan fingerprint density at radius 3 is 2.67 bits per heavy atom. The van der Waals surface area contributed by atoms with Gasteiger partial charge < -0.3 is 15.3 Å². The van der Waals surface area contributed by atoms with Crippen LogP contribution in [0.4, 0.5) is 24.1 Å². The number of alkyl halides is 3. The highest BCUT2D eigenvalue weighted by Crippen LogP contribution is 2.40. The number of amides is 1. The number of hydrogen-bond donors (Lipinski definition) is 3. The summed E-state index contributed by atoms with van der Waals surface area (Å²) in [4.78, 5) is 17.3. The van der Waals surface area contributed by atoms with Gasteiger partial charge in [-0.25, -0.2) is 4.98 Å². The summed E-state index contributed by atoms with van der Waals surface area (Å²) in [5, 5.41) is 21.2. The molecular formula is C16H18F3N5O2S. The molecule has 4 rings (SSSR count). The fourth-order valence-electron chi connectivity index (χ4n) is 3.70. The Hall–Kier alpha value is -2.14. The van der Waals surface area contributed by atoms with Crippen molar-refractivity contribution in [3.63, 3.8) is 0 Å². The maximum atomic E-state index is 12.7. The lowest BCUT2D eigenvalue weighted by atomic mass is 9.84. The number of piperidine rings is 1. The summed E-state index contributed by atoms with van der Waals surface area (Å²) in [7, 11) is 0. The molecule has 146 valence electrons. The van der Waals surface area contributed by atoms with Crippen molar-refractivity contribution < 1.29 is 23.1 Å². The van der Waals surface area contributed by atoms with Crippen LogP contribution in [-0.4, -0.2) is 45.4 Å². The highest BCUT2D eigenvalue weighted by Gasteiger charge is 2.38. The molecule has 7 nitrogen and oxygen atoms in total. The number of halogens is 3. The fourth-order valence-corrected chi connectivity index (χ4v) is 4.58.